The third-order valence-corrected chi connectivity index (χ3v) is 6.77. The van der Waals surface area contributed by atoms with E-state index in [1.165, 1.54) is 37.7 Å². The Hall–Kier alpha value is -2.28. The first-order valence-electron chi connectivity index (χ1n) is 10.6. The van der Waals surface area contributed by atoms with Gasteiger partial charge >= 0.3 is 0 Å². The maximum absolute atomic E-state index is 4.59. The summed E-state index contributed by atoms with van der Waals surface area (Å²) in [5.41, 5.74) is 4.61. The predicted molar refractivity (Wildman–Crippen MR) is 117 cm³/mol. The number of nitrogens with zero attached hydrogens (tertiary/aromatic N) is 6. The number of aromatic nitrogens is 5. The molecule has 29 heavy (non-hydrogen) atoms. The van der Waals surface area contributed by atoms with Gasteiger partial charge < -0.3 is 4.90 Å². The van der Waals surface area contributed by atoms with E-state index in [2.05, 4.69) is 62.0 Å². The van der Waals surface area contributed by atoms with Crippen LogP contribution in [0.5, 0.6) is 0 Å². The molecule has 0 radical (unpaired) electrons. The molecule has 7 heteroatoms. The summed E-state index contributed by atoms with van der Waals surface area (Å²) in [4.78, 5) is 2.43. The zero-order chi connectivity index (χ0) is 19.8. The Balaban J connectivity index is 1.30. The molecule has 0 unspecified atom stereocenters. The molecule has 2 fully saturated rings. The molecule has 2 aliphatic rings. The van der Waals surface area contributed by atoms with E-state index in [-0.39, 0.29) is 0 Å². The van der Waals surface area contributed by atoms with Gasteiger partial charge in [-0.15, -0.1) is 10.2 Å². The number of piperidine rings is 1. The lowest BCUT2D eigenvalue weighted by atomic mass is 10.1. The zero-order valence-electron chi connectivity index (χ0n) is 17.2. The van der Waals surface area contributed by atoms with Crippen LogP contribution in [0.2, 0.25) is 0 Å². The molecule has 1 aliphatic heterocycles. The lowest BCUT2D eigenvalue weighted by molar-refractivity contribution is 0.548. The van der Waals surface area contributed by atoms with Crippen LogP contribution in [0.1, 0.15) is 55.1 Å². The topological polar surface area (TPSA) is 51.8 Å². The fraction of sp³-hybridized carbons (Fsp3) is 0.500. The molecule has 1 aliphatic carbocycles. The lowest BCUT2D eigenvalue weighted by Gasteiger charge is -2.27. The van der Waals surface area contributed by atoms with Crippen LogP contribution in [0.3, 0.4) is 0 Å². The summed E-state index contributed by atoms with van der Waals surface area (Å²) in [6.45, 7) is 6.35. The number of benzene rings is 1. The minimum absolute atomic E-state index is 0.595. The maximum Gasteiger partial charge on any atom is 0.228 e. The predicted octanol–water partition coefficient (Wildman–Crippen LogP) is 4.70. The molecule has 1 aromatic carbocycles. The van der Waals surface area contributed by atoms with Crippen molar-refractivity contribution in [3.8, 4) is 5.69 Å². The highest BCUT2D eigenvalue weighted by molar-refractivity contribution is 7.98. The Bertz CT molecular complexity index is 979. The third-order valence-electron chi connectivity index (χ3n) is 5.76. The first kappa shape index (κ1) is 18.7. The van der Waals surface area contributed by atoms with E-state index in [4.69, 9.17) is 0 Å². The normalized spacial score (nSPS) is 17.1. The monoisotopic (exact) mass is 408 g/mol. The van der Waals surface area contributed by atoms with E-state index in [9.17, 15) is 0 Å². The fourth-order valence-electron chi connectivity index (χ4n) is 4.10. The quantitative estimate of drug-likeness (QED) is 0.554. The van der Waals surface area contributed by atoms with Crippen LogP contribution in [0, 0.1) is 13.8 Å². The molecular weight excluding hydrogens is 380 g/mol. The second-order valence-electron chi connectivity index (χ2n) is 8.23. The molecule has 0 N–H and O–H groups in total. The second-order valence-corrected chi connectivity index (χ2v) is 9.17. The molecule has 2 aromatic heterocycles. The van der Waals surface area contributed by atoms with Crippen molar-refractivity contribution in [3.05, 3.63) is 47.3 Å². The Morgan fingerprint density at radius 2 is 1.76 bits per heavy atom. The zero-order valence-corrected chi connectivity index (χ0v) is 18.0. The molecule has 3 aromatic rings. The number of hydrogen-bond acceptors (Lipinski definition) is 5. The molecule has 3 heterocycles. The van der Waals surface area contributed by atoms with E-state index >= 15 is 0 Å². The molecule has 0 atom stereocenters. The van der Waals surface area contributed by atoms with Crippen LogP contribution in [0.4, 0.5) is 5.95 Å². The van der Waals surface area contributed by atoms with Gasteiger partial charge in [-0.3, -0.25) is 4.57 Å². The van der Waals surface area contributed by atoms with Gasteiger partial charge in [-0.25, -0.2) is 4.68 Å². The van der Waals surface area contributed by atoms with Crippen molar-refractivity contribution in [2.24, 2.45) is 0 Å². The van der Waals surface area contributed by atoms with Crippen molar-refractivity contribution in [3.63, 3.8) is 0 Å². The number of aryl methyl sites for hydroxylation is 2. The van der Waals surface area contributed by atoms with E-state index in [0.29, 0.717) is 6.04 Å². The van der Waals surface area contributed by atoms with Gasteiger partial charge in [0.1, 0.15) is 0 Å². The lowest BCUT2D eigenvalue weighted by Crippen LogP contribution is -2.31. The van der Waals surface area contributed by atoms with Crippen LogP contribution < -0.4 is 4.90 Å². The molecule has 152 valence electrons. The van der Waals surface area contributed by atoms with Gasteiger partial charge in [0.15, 0.2) is 5.16 Å². The number of rotatable bonds is 6. The Labute approximate surface area is 176 Å². The van der Waals surface area contributed by atoms with E-state index in [0.717, 1.165) is 47.0 Å². The van der Waals surface area contributed by atoms with Gasteiger partial charge in [0.05, 0.1) is 11.4 Å². The summed E-state index contributed by atoms with van der Waals surface area (Å²) < 4.78 is 4.40. The van der Waals surface area contributed by atoms with Crippen molar-refractivity contribution >= 4 is 17.7 Å². The Kier molecular flexibility index (Phi) is 5.08. The van der Waals surface area contributed by atoms with Crippen molar-refractivity contribution in [2.45, 2.75) is 62.9 Å². The van der Waals surface area contributed by atoms with Crippen molar-refractivity contribution in [1.29, 1.82) is 0 Å². The average Bonchev–Trinajstić information content (AvgIpc) is 3.40. The summed E-state index contributed by atoms with van der Waals surface area (Å²) in [6, 6.07) is 11.4. The standard InChI is InChI=1S/C22H28N6S/c1-16-14-17(2)28(25-16)20-8-6-18(7-9-20)15-29-22-24-23-21(27(22)19-10-11-19)26-12-4-3-5-13-26/h6-9,14,19H,3-5,10-13,15H2,1-2H3. The van der Waals surface area contributed by atoms with Gasteiger partial charge in [0, 0.05) is 30.6 Å². The van der Waals surface area contributed by atoms with Crippen molar-refractivity contribution in [1.82, 2.24) is 24.5 Å². The van der Waals surface area contributed by atoms with E-state index in [1.54, 1.807) is 11.8 Å². The second kappa shape index (κ2) is 7.86. The third kappa shape index (κ3) is 3.92. The molecule has 1 saturated carbocycles. The van der Waals surface area contributed by atoms with Gasteiger partial charge in [0.25, 0.3) is 0 Å². The fourth-order valence-corrected chi connectivity index (χ4v) is 5.06. The Morgan fingerprint density at radius 1 is 1.00 bits per heavy atom. The van der Waals surface area contributed by atoms with Crippen LogP contribution in [-0.4, -0.2) is 37.6 Å². The summed E-state index contributed by atoms with van der Waals surface area (Å²) in [5, 5.41) is 14.8. The highest BCUT2D eigenvalue weighted by Gasteiger charge is 2.32. The first-order chi connectivity index (χ1) is 14.2. The van der Waals surface area contributed by atoms with Gasteiger partial charge in [-0.1, -0.05) is 23.9 Å². The molecule has 0 bridgehead atoms. The number of hydrogen-bond donors (Lipinski definition) is 0. The molecule has 6 nitrogen and oxygen atoms in total. The van der Waals surface area contributed by atoms with Gasteiger partial charge in [0.2, 0.25) is 5.95 Å². The van der Waals surface area contributed by atoms with Crippen LogP contribution in [-0.2, 0) is 5.75 Å². The summed E-state index contributed by atoms with van der Waals surface area (Å²) in [7, 11) is 0. The van der Waals surface area contributed by atoms with Crippen LogP contribution >= 0.6 is 11.8 Å². The maximum atomic E-state index is 4.59. The largest absolute Gasteiger partial charge is 0.341 e. The van der Waals surface area contributed by atoms with E-state index < -0.39 is 0 Å². The highest BCUT2D eigenvalue weighted by Crippen LogP contribution is 2.41. The minimum atomic E-state index is 0.595. The summed E-state index contributed by atoms with van der Waals surface area (Å²) >= 11 is 1.80. The summed E-state index contributed by atoms with van der Waals surface area (Å²) in [6.07, 6.45) is 6.38. The smallest absolute Gasteiger partial charge is 0.228 e. The number of anilines is 1. The first-order valence-corrected chi connectivity index (χ1v) is 11.6. The average molecular weight is 409 g/mol. The van der Waals surface area contributed by atoms with Crippen LogP contribution in [0.25, 0.3) is 5.69 Å². The SMILES string of the molecule is Cc1cc(C)n(-c2ccc(CSc3nnc(N4CCCCC4)n3C3CC3)cc2)n1. The number of thioether (sulfide) groups is 1. The molecule has 0 spiro atoms. The van der Waals surface area contributed by atoms with Crippen molar-refractivity contribution < 1.29 is 0 Å². The molecule has 1 saturated heterocycles. The molecule has 0 amide bonds. The molecule has 5 rings (SSSR count). The molecular formula is C22H28N6S. The Morgan fingerprint density at radius 3 is 2.41 bits per heavy atom. The minimum Gasteiger partial charge on any atom is -0.341 e. The highest BCUT2D eigenvalue weighted by atomic mass is 32.2. The van der Waals surface area contributed by atoms with Crippen LogP contribution in [0.15, 0.2) is 35.5 Å². The van der Waals surface area contributed by atoms with Crippen molar-refractivity contribution in [2.75, 3.05) is 18.0 Å². The van der Waals surface area contributed by atoms with E-state index in [1.807, 2.05) is 11.6 Å². The van der Waals surface area contributed by atoms with Gasteiger partial charge in [-0.2, -0.15) is 5.10 Å². The summed E-state index contributed by atoms with van der Waals surface area (Å²) in [5.74, 6) is 2.00. The van der Waals surface area contributed by atoms with Gasteiger partial charge in [-0.05, 0) is 69.7 Å².